The maximum atomic E-state index is 11.9. The fourth-order valence-electron chi connectivity index (χ4n) is 1.85. The fourth-order valence-corrected chi connectivity index (χ4v) is 2.03. The summed E-state index contributed by atoms with van der Waals surface area (Å²) in [7, 11) is 0. The highest BCUT2D eigenvalue weighted by atomic mass is 35.5. The molecule has 0 bridgehead atoms. The molecule has 1 aromatic rings. The minimum atomic E-state index is -0.0821. The summed E-state index contributed by atoms with van der Waals surface area (Å²) in [5.74, 6) is -0.114. The van der Waals surface area contributed by atoms with Gasteiger partial charge < -0.3 is 15.8 Å². The molecule has 2 rings (SSSR count). The molecule has 1 fully saturated rings. The lowest BCUT2D eigenvalue weighted by molar-refractivity contribution is -0.119. The average molecular weight is 255 g/mol. The number of ether oxygens (including phenoxy) is 1. The molecule has 1 amide bonds. The Hall–Kier alpha value is -1.26. The second-order valence-corrected chi connectivity index (χ2v) is 4.71. The van der Waals surface area contributed by atoms with Gasteiger partial charge in [-0.15, -0.1) is 0 Å². The Morgan fingerprint density at radius 2 is 2.35 bits per heavy atom. The number of rotatable bonds is 2. The van der Waals surface area contributed by atoms with Crippen molar-refractivity contribution in [3.8, 4) is 0 Å². The maximum Gasteiger partial charge on any atom is 0.229 e. The third-order valence-electron chi connectivity index (χ3n) is 2.84. The summed E-state index contributed by atoms with van der Waals surface area (Å²) in [5, 5.41) is 3.26. The molecule has 4 nitrogen and oxygen atoms in total. The van der Waals surface area contributed by atoms with E-state index in [1.165, 1.54) is 0 Å². The van der Waals surface area contributed by atoms with Gasteiger partial charge in [0, 0.05) is 5.69 Å². The van der Waals surface area contributed by atoms with Crippen LogP contribution in [0.3, 0.4) is 0 Å². The Bertz CT molecular complexity index is 437. The quantitative estimate of drug-likeness (QED) is 0.796. The predicted molar refractivity (Wildman–Crippen MR) is 68.0 cm³/mol. The van der Waals surface area contributed by atoms with Crippen LogP contribution in [0.15, 0.2) is 18.2 Å². The molecule has 2 unspecified atom stereocenters. The minimum Gasteiger partial charge on any atom is -0.398 e. The lowest BCUT2D eigenvalue weighted by Crippen LogP contribution is -2.23. The molecule has 1 heterocycles. The van der Waals surface area contributed by atoms with Gasteiger partial charge >= 0.3 is 0 Å². The topological polar surface area (TPSA) is 64.4 Å². The highest BCUT2D eigenvalue weighted by molar-refractivity contribution is 6.33. The molecule has 0 spiro atoms. The van der Waals surface area contributed by atoms with E-state index < -0.39 is 0 Å². The summed E-state index contributed by atoms with van der Waals surface area (Å²) < 4.78 is 5.36. The van der Waals surface area contributed by atoms with Crippen molar-refractivity contribution in [1.29, 1.82) is 0 Å². The predicted octanol–water partition coefficient (Wildman–Crippen LogP) is 2.29. The van der Waals surface area contributed by atoms with Crippen LogP contribution in [0.25, 0.3) is 0 Å². The number of nitrogens with one attached hydrogen (secondary N) is 1. The van der Waals surface area contributed by atoms with E-state index in [2.05, 4.69) is 5.32 Å². The van der Waals surface area contributed by atoms with Crippen molar-refractivity contribution in [1.82, 2.24) is 0 Å². The first-order chi connectivity index (χ1) is 8.06. The molecule has 17 heavy (non-hydrogen) atoms. The standard InChI is InChI=1S/C12H15ClN2O2/c1-7-4-8(6-17-7)12(16)15-9-2-3-11(14)10(13)5-9/h2-3,5,7-8H,4,6,14H2,1H3,(H,15,16). The van der Waals surface area contributed by atoms with Crippen molar-refractivity contribution in [3.63, 3.8) is 0 Å². The van der Waals surface area contributed by atoms with Gasteiger partial charge in [0.2, 0.25) is 5.91 Å². The first-order valence-electron chi connectivity index (χ1n) is 5.53. The van der Waals surface area contributed by atoms with Gasteiger partial charge in [-0.05, 0) is 31.5 Å². The zero-order valence-electron chi connectivity index (χ0n) is 9.57. The number of carbonyl (C=O) groups is 1. The van der Waals surface area contributed by atoms with Crippen molar-refractivity contribution in [2.24, 2.45) is 5.92 Å². The van der Waals surface area contributed by atoms with Crippen LogP contribution in [-0.4, -0.2) is 18.6 Å². The molecular formula is C12H15ClN2O2. The van der Waals surface area contributed by atoms with Crippen molar-refractivity contribution in [2.45, 2.75) is 19.4 Å². The highest BCUT2D eigenvalue weighted by Crippen LogP contribution is 2.24. The number of hydrogen-bond acceptors (Lipinski definition) is 3. The van der Waals surface area contributed by atoms with Gasteiger partial charge in [0.15, 0.2) is 0 Å². The molecule has 1 aromatic carbocycles. The SMILES string of the molecule is CC1CC(C(=O)Nc2ccc(N)c(Cl)c2)CO1. The number of carbonyl (C=O) groups excluding carboxylic acids is 1. The normalized spacial score (nSPS) is 23.6. The van der Waals surface area contributed by atoms with E-state index in [0.717, 1.165) is 6.42 Å². The van der Waals surface area contributed by atoms with E-state index in [9.17, 15) is 4.79 Å². The van der Waals surface area contributed by atoms with E-state index in [-0.39, 0.29) is 17.9 Å². The molecule has 5 heteroatoms. The van der Waals surface area contributed by atoms with Crippen molar-refractivity contribution < 1.29 is 9.53 Å². The number of nitrogens with two attached hydrogens (primary N) is 1. The molecular weight excluding hydrogens is 240 g/mol. The van der Waals surface area contributed by atoms with Crippen LogP contribution >= 0.6 is 11.6 Å². The van der Waals surface area contributed by atoms with E-state index in [4.69, 9.17) is 22.1 Å². The largest absolute Gasteiger partial charge is 0.398 e. The number of halogens is 1. The van der Waals surface area contributed by atoms with Crippen molar-refractivity contribution in [3.05, 3.63) is 23.2 Å². The molecule has 3 N–H and O–H groups in total. The lowest BCUT2D eigenvalue weighted by atomic mass is 10.1. The molecule has 1 aliphatic rings. The van der Waals surface area contributed by atoms with Gasteiger partial charge in [-0.3, -0.25) is 4.79 Å². The van der Waals surface area contributed by atoms with E-state index in [0.29, 0.717) is 23.0 Å². The lowest BCUT2D eigenvalue weighted by Gasteiger charge is -2.10. The molecule has 0 aromatic heterocycles. The van der Waals surface area contributed by atoms with Crippen LogP contribution in [0.4, 0.5) is 11.4 Å². The van der Waals surface area contributed by atoms with E-state index in [1.807, 2.05) is 6.92 Å². The Morgan fingerprint density at radius 1 is 1.59 bits per heavy atom. The average Bonchev–Trinajstić information content (AvgIpc) is 2.70. The monoisotopic (exact) mass is 254 g/mol. The third-order valence-corrected chi connectivity index (χ3v) is 3.16. The smallest absolute Gasteiger partial charge is 0.229 e. The number of amides is 1. The van der Waals surface area contributed by atoms with Gasteiger partial charge in [0.05, 0.1) is 29.3 Å². The van der Waals surface area contributed by atoms with Crippen LogP contribution in [-0.2, 0) is 9.53 Å². The minimum absolute atomic E-state index is 0.0322. The fraction of sp³-hybridized carbons (Fsp3) is 0.417. The summed E-state index contributed by atoms with van der Waals surface area (Å²) >= 11 is 5.88. The number of benzene rings is 1. The van der Waals surface area contributed by atoms with Gasteiger partial charge in [-0.25, -0.2) is 0 Å². The summed E-state index contributed by atoms with van der Waals surface area (Å²) in [5.41, 5.74) is 6.76. The highest BCUT2D eigenvalue weighted by Gasteiger charge is 2.28. The first kappa shape index (κ1) is 12.2. The molecule has 1 aliphatic heterocycles. The maximum absolute atomic E-state index is 11.9. The Balaban J connectivity index is 2.00. The molecule has 1 saturated heterocycles. The molecule has 0 saturated carbocycles. The number of nitrogen functional groups attached to an aromatic ring is 1. The van der Waals surface area contributed by atoms with Gasteiger partial charge in [0.1, 0.15) is 0 Å². The van der Waals surface area contributed by atoms with E-state index >= 15 is 0 Å². The number of anilines is 2. The van der Waals surface area contributed by atoms with Crippen LogP contribution < -0.4 is 11.1 Å². The summed E-state index contributed by atoms with van der Waals surface area (Å²) in [4.78, 5) is 11.9. The van der Waals surface area contributed by atoms with Crippen LogP contribution in [0.2, 0.25) is 5.02 Å². The Labute approximate surface area is 105 Å². The van der Waals surface area contributed by atoms with Gasteiger partial charge in [0.25, 0.3) is 0 Å². The molecule has 0 radical (unpaired) electrons. The first-order valence-corrected chi connectivity index (χ1v) is 5.91. The number of hydrogen-bond donors (Lipinski definition) is 2. The third kappa shape index (κ3) is 2.90. The summed E-state index contributed by atoms with van der Waals surface area (Å²) in [6, 6.07) is 5.05. The second kappa shape index (κ2) is 4.94. The summed E-state index contributed by atoms with van der Waals surface area (Å²) in [6.45, 7) is 2.45. The van der Waals surface area contributed by atoms with Crippen molar-refractivity contribution in [2.75, 3.05) is 17.7 Å². The zero-order chi connectivity index (χ0) is 12.4. The van der Waals surface area contributed by atoms with Gasteiger partial charge in [-0.2, -0.15) is 0 Å². The van der Waals surface area contributed by atoms with Gasteiger partial charge in [-0.1, -0.05) is 11.6 Å². The van der Waals surface area contributed by atoms with Crippen LogP contribution in [0.5, 0.6) is 0 Å². The van der Waals surface area contributed by atoms with E-state index in [1.54, 1.807) is 18.2 Å². The second-order valence-electron chi connectivity index (χ2n) is 4.30. The summed E-state index contributed by atoms with van der Waals surface area (Å²) in [6.07, 6.45) is 0.912. The van der Waals surface area contributed by atoms with Crippen LogP contribution in [0.1, 0.15) is 13.3 Å². The molecule has 2 atom stereocenters. The van der Waals surface area contributed by atoms with Crippen LogP contribution in [0, 0.1) is 5.92 Å². The Morgan fingerprint density at radius 3 is 2.94 bits per heavy atom. The van der Waals surface area contributed by atoms with Crippen molar-refractivity contribution >= 4 is 28.9 Å². The molecule has 92 valence electrons. The Kier molecular flexibility index (Phi) is 3.54. The molecule has 0 aliphatic carbocycles. The zero-order valence-corrected chi connectivity index (χ0v) is 10.3.